The second kappa shape index (κ2) is 10.2. The van der Waals surface area contributed by atoms with Crippen molar-refractivity contribution in [2.45, 2.75) is 36.3 Å². The van der Waals surface area contributed by atoms with Crippen LogP contribution in [0, 0.1) is 5.82 Å². The number of benzene rings is 1. The van der Waals surface area contributed by atoms with E-state index in [-0.39, 0.29) is 48.8 Å². The Bertz CT molecular complexity index is 700. The van der Waals surface area contributed by atoms with Crippen LogP contribution in [0.25, 0.3) is 0 Å². The molecular weight excluding hydrogens is 385 g/mol. The van der Waals surface area contributed by atoms with E-state index in [1.165, 1.54) is 25.3 Å². The summed E-state index contributed by atoms with van der Waals surface area (Å²) in [6.45, 7) is 1.08. The predicted molar refractivity (Wildman–Crippen MR) is 98.0 cm³/mol. The molecule has 3 N–H and O–H groups in total. The van der Waals surface area contributed by atoms with Gasteiger partial charge in [0.15, 0.2) is 0 Å². The smallest absolute Gasteiger partial charge is 0.240 e. The monoisotopic (exact) mass is 409 g/mol. The number of halogens is 2. The number of hydrogen-bond donors (Lipinski definition) is 2. The van der Waals surface area contributed by atoms with Crippen LogP contribution in [0.15, 0.2) is 29.2 Å². The zero-order chi connectivity index (χ0) is 18.4. The number of nitrogens with zero attached hydrogens (tertiary/aromatic N) is 1. The average Bonchev–Trinajstić information content (AvgIpc) is 2.59. The number of hydrogen-bond acceptors (Lipinski definition) is 5. The summed E-state index contributed by atoms with van der Waals surface area (Å²) < 4.78 is 45.7. The first-order valence-electron chi connectivity index (χ1n) is 8.14. The van der Waals surface area contributed by atoms with Crippen molar-refractivity contribution in [1.82, 2.24) is 9.62 Å². The van der Waals surface area contributed by atoms with E-state index in [0.29, 0.717) is 19.4 Å². The Morgan fingerprint density at radius 2 is 2.23 bits per heavy atom. The van der Waals surface area contributed by atoms with E-state index in [0.717, 1.165) is 6.07 Å². The van der Waals surface area contributed by atoms with E-state index in [4.69, 9.17) is 10.5 Å². The van der Waals surface area contributed by atoms with Crippen molar-refractivity contribution in [3.05, 3.63) is 30.1 Å². The molecule has 2 rings (SSSR count). The van der Waals surface area contributed by atoms with Crippen molar-refractivity contribution in [3.8, 4) is 0 Å². The third kappa shape index (κ3) is 6.17. The van der Waals surface area contributed by atoms with Gasteiger partial charge in [-0.2, -0.15) is 0 Å². The quantitative estimate of drug-likeness (QED) is 0.696. The molecule has 148 valence electrons. The van der Waals surface area contributed by atoms with E-state index in [9.17, 15) is 17.6 Å². The number of likely N-dealkylation sites (tertiary alicyclic amines) is 1. The zero-order valence-electron chi connectivity index (χ0n) is 14.6. The molecule has 0 aliphatic carbocycles. The van der Waals surface area contributed by atoms with Crippen LogP contribution in [0.2, 0.25) is 0 Å². The van der Waals surface area contributed by atoms with Gasteiger partial charge in [-0.25, -0.2) is 17.5 Å². The van der Waals surface area contributed by atoms with Gasteiger partial charge in [0.1, 0.15) is 5.82 Å². The highest BCUT2D eigenvalue weighted by atomic mass is 35.5. The van der Waals surface area contributed by atoms with E-state index < -0.39 is 21.9 Å². The Balaban J connectivity index is 0.00000338. The van der Waals surface area contributed by atoms with Crippen molar-refractivity contribution in [2.24, 2.45) is 5.73 Å². The lowest BCUT2D eigenvalue weighted by Crippen LogP contribution is -2.50. The van der Waals surface area contributed by atoms with Crippen LogP contribution in [0.1, 0.15) is 19.3 Å². The molecule has 1 fully saturated rings. The fourth-order valence-electron chi connectivity index (χ4n) is 2.81. The SMILES string of the molecule is COC(CN)CC(=O)N1CCCC(NS(=O)(=O)c2cccc(F)c2)C1.Cl. The second-order valence-electron chi connectivity index (χ2n) is 6.06. The van der Waals surface area contributed by atoms with Gasteiger partial charge in [-0.1, -0.05) is 6.07 Å². The molecular formula is C16H25ClFN3O4S. The van der Waals surface area contributed by atoms with Crippen molar-refractivity contribution in [3.63, 3.8) is 0 Å². The minimum absolute atomic E-state index is 0. The maximum Gasteiger partial charge on any atom is 0.240 e. The molecule has 1 aliphatic heterocycles. The van der Waals surface area contributed by atoms with E-state index in [2.05, 4.69) is 4.72 Å². The number of methoxy groups -OCH3 is 1. The molecule has 0 bridgehead atoms. The van der Waals surface area contributed by atoms with Gasteiger partial charge < -0.3 is 15.4 Å². The topological polar surface area (TPSA) is 102 Å². The fraction of sp³-hybridized carbons (Fsp3) is 0.562. The lowest BCUT2D eigenvalue weighted by atomic mass is 10.1. The van der Waals surface area contributed by atoms with Gasteiger partial charge >= 0.3 is 0 Å². The summed E-state index contributed by atoms with van der Waals surface area (Å²) >= 11 is 0. The molecule has 2 atom stereocenters. The van der Waals surface area contributed by atoms with E-state index in [1.54, 1.807) is 4.90 Å². The van der Waals surface area contributed by atoms with Crippen LogP contribution < -0.4 is 10.5 Å². The first-order chi connectivity index (χ1) is 11.9. The Kier molecular flexibility index (Phi) is 8.91. The first-order valence-corrected chi connectivity index (χ1v) is 9.62. The minimum Gasteiger partial charge on any atom is -0.380 e. The Morgan fingerprint density at radius 3 is 2.85 bits per heavy atom. The second-order valence-corrected chi connectivity index (χ2v) is 7.77. The van der Waals surface area contributed by atoms with Crippen LogP contribution in [-0.2, 0) is 19.6 Å². The highest BCUT2D eigenvalue weighted by Gasteiger charge is 2.28. The third-order valence-electron chi connectivity index (χ3n) is 4.20. The number of carbonyl (C=O) groups is 1. The Morgan fingerprint density at radius 1 is 1.50 bits per heavy atom. The van der Waals surface area contributed by atoms with Crippen LogP contribution in [-0.4, -0.2) is 58.1 Å². The van der Waals surface area contributed by atoms with Gasteiger partial charge in [0.05, 0.1) is 17.4 Å². The minimum atomic E-state index is -3.84. The first kappa shape index (κ1) is 22.8. The summed E-state index contributed by atoms with van der Waals surface area (Å²) in [7, 11) is -2.34. The summed E-state index contributed by atoms with van der Waals surface area (Å²) in [6, 6.07) is 4.42. The fourth-order valence-corrected chi connectivity index (χ4v) is 4.10. The van der Waals surface area contributed by atoms with Gasteiger partial charge in [-0.15, -0.1) is 12.4 Å². The molecule has 1 aromatic carbocycles. The Labute approximate surface area is 159 Å². The van der Waals surface area contributed by atoms with Crippen LogP contribution in [0.3, 0.4) is 0 Å². The van der Waals surface area contributed by atoms with Crippen LogP contribution in [0.4, 0.5) is 4.39 Å². The number of ether oxygens (including phenoxy) is 1. The maximum atomic E-state index is 13.3. The average molecular weight is 410 g/mol. The van der Waals surface area contributed by atoms with Gasteiger partial charge in [-0.05, 0) is 31.0 Å². The van der Waals surface area contributed by atoms with Crippen molar-refractivity contribution < 1.29 is 22.3 Å². The molecule has 0 spiro atoms. The number of rotatable bonds is 7. The lowest BCUT2D eigenvalue weighted by molar-refractivity contribution is -0.134. The molecule has 2 unspecified atom stereocenters. The highest BCUT2D eigenvalue weighted by Crippen LogP contribution is 2.16. The molecule has 0 radical (unpaired) electrons. The van der Waals surface area contributed by atoms with Crippen molar-refractivity contribution in [2.75, 3.05) is 26.7 Å². The molecule has 1 aliphatic rings. The number of sulfonamides is 1. The largest absolute Gasteiger partial charge is 0.380 e. The lowest BCUT2D eigenvalue weighted by Gasteiger charge is -2.33. The van der Waals surface area contributed by atoms with Gasteiger partial charge in [0.25, 0.3) is 0 Å². The summed E-state index contributed by atoms with van der Waals surface area (Å²) in [5.74, 6) is -0.734. The summed E-state index contributed by atoms with van der Waals surface area (Å²) in [5, 5.41) is 0. The number of nitrogens with two attached hydrogens (primary N) is 1. The van der Waals surface area contributed by atoms with E-state index >= 15 is 0 Å². The Hall–Kier alpha value is -1.26. The summed E-state index contributed by atoms with van der Waals surface area (Å²) in [5.41, 5.74) is 5.53. The third-order valence-corrected chi connectivity index (χ3v) is 5.72. The standard InChI is InChI=1S/C16H24FN3O4S.ClH/c1-24-14(10-18)9-16(21)20-7-3-5-13(11-20)19-25(22,23)15-6-2-4-12(17)8-15;/h2,4,6,8,13-14,19H,3,5,7,9-11,18H2,1H3;1H. The summed E-state index contributed by atoms with van der Waals surface area (Å²) in [4.78, 5) is 13.8. The zero-order valence-corrected chi connectivity index (χ0v) is 16.2. The molecule has 1 aromatic rings. The summed E-state index contributed by atoms with van der Waals surface area (Å²) in [6.07, 6.45) is 1.11. The number of piperidine rings is 1. The molecule has 0 saturated carbocycles. The molecule has 10 heteroatoms. The van der Waals surface area contributed by atoms with Crippen molar-refractivity contribution >= 4 is 28.3 Å². The number of amides is 1. The molecule has 7 nitrogen and oxygen atoms in total. The van der Waals surface area contributed by atoms with Crippen LogP contribution >= 0.6 is 12.4 Å². The molecule has 1 amide bonds. The maximum absolute atomic E-state index is 13.3. The molecule has 0 aromatic heterocycles. The normalized spacial score (nSPS) is 18.9. The molecule has 1 saturated heterocycles. The highest BCUT2D eigenvalue weighted by molar-refractivity contribution is 7.89. The van der Waals surface area contributed by atoms with Gasteiger partial charge in [0, 0.05) is 32.8 Å². The number of nitrogens with one attached hydrogen (secondary N) is 1. The molecule has 26 heavy (non-hydrogen) atoms. The molecule has 1 heterocycles. The van der Waals surface area contributed by atoms with Gasteiger partial charge in [-0.3, -0.25) is 4.79 Å². The van der Waals surface area contributed by atoms with Crippen LogP contribution in [0.5, 0.6) is 0 Å². The predicted octanol–water partition coefficient (Wildman–Crippen LogP) is 0.881. The van der Waals surface area contributed by atoms with E-state index in [1.807, 2.05) is 0 Å². The number of carbonyl (C=O) groups excluding carboxylic acids is 1. The van der Waals surface area contributed by atoms with Crippen molar-refractivity contribution in [1.29, 1.82) is 0 Å². The van der Waals surface area contributed by atoms with Gasteiger partial charge in [0.2, 0.25) is 15.9 Å².